The lowest BCUT2D eigenvalue weighted by Crippen LogP contribution is -2.12. The number of nitrogens with one attached hydrogen (secondary N) is 1. The molecule has 0 atom stereocenters. The summed E-state index contributed by atoms with van der Waals surface area (Å²) in [6, 6.07) is 15.8. The summed E-state index contributed by atoms with van der Waals surface area (Å²) in [5, 5.41) is 0.769. The molecule has 6 aromatic rings. The zero-order valence-electron chi connectivity index (χ0n) is 18.2. The number of hydrogen-bond donors (Lipinski definition) is 1. The Labute approximate surface area is 197 Å². The summed E-state index contributed by atoms with van der Waals surface area (Å²) in [7, 11) is -2.53. The number of ether oxygens (including phenoxy) is 1. The summed E-state index contributed by atoms with van der Waals surface area (Å²) >= 11 is 0. The minimum atomic E-state index is -3.88. The molecular weight excluding hydrogens is 473 g/mol. The highest BCUT2D eigenvalue weighted by Gasteiger charge is 2.22. The van der Waals surface area contributed by atoms with E-state index >= 15 is 4.39 Å². The van der Waals surface area contributed by atoms with Crippen LogP contribution in [-0.4, -0.2) is 29.5 Å². The SMILES string of the molecule is COc1ccc2oc(=O)c3cc(-c4ccnc5c4ccn5S(=O)(=O)c4ccccc4)[nH]c3c2c1F. The van der Waals surface area contributed by atoms with E-state index in [1.165, 1.54) is 43.8 Å². The molecule has 1 N–H and O–H groups in total. The molecular formula is C25H16FN3O5S. The Morgan fingerprint density at radius 2 is 1.86 bits per heavy atom. The van der Waals surface area contributed by atoms with Crippen molar-refractivity contribution in [2.75, 3.05) is 7.11 Å². The number of fused-ring (bicyclic) bond motifs is 4. The standard InChI is InChI=1S/C25H16FN3O5S/c1-33-20-8-7-19-21(22(20)26)23-17(25(30)34-19)13-18(28-23)15-9-11-27-24-16(15)10-12-29(24)35(31,32)14-5-3-2-4-6-14/h2-13,28H,1H3. The van der Waals surface area contributed by atoms with E-state index in [1.54, 1.807) is 36.4 Å². The van der Waals surface area contributed by atoms with Crippen LogP contribution in [0.4, 0.5) is 4.39 Å². The molecule has 10 heteroatoms. The Balaban J connectivity index is 1.60. The number of benzene rings is 2. The summed E-state index contributed by atoms with van der Waals surface area (Å²) in [4.78, 5) is 20.2. The zero-order valence-corrected chi connectivity index (χ0v) is 19.0. The van der Waals surface area contributed by atoms with E-state index in [0.29, 0.717) is 16.6 Å². The fourth-order valence-electron chi connectivity index (χ4n) is 4.28. The van der Waals surface area contributed by atoms with Gasteiger partial charge in [-0.15, -0.1) is 0 Å². The molecule has 0 aliphatic rings. The van der Waals surface area contributed by atoms with Crippen LogP contribution in [0, 0.1) is 5.82 Å². The zero-order chi connectivity index (χ0) is 24.3. The molecule has 4 aromatic heterocycles. The van der Waals surface area contributed by atoms with Crippen LogP contribution in [-0.2, 0) is 10.0 Å². The Kier molecular flexibility index (Phi) is 4.55. The predicted octanol–water partition coefficient (Wildman–Crippen LogP) is 4.68. The average molecular weight is 489 g/mol. The summed E-state index contributed by atoms with van der Waals surface area (Å²) in [5.74, 6) is -0.648. The van der Waals surface area contributed by atoms with Crippen molar-refractivity contribution in [3.05, 3.63) is 89.3 Å². The van der Waals surface area contributed by atoms with Gasteiger partial charge in [-0.2, -0.15) is 0 Å². The summed E-state index contributed by atoms with van der Waals surface area (Å²) < 4.78 is 53.0. The topological polar surface area (TPSA) is 107 Å². The number of H-pyrrole nitrogens is 1. The lowest BCUT2D eigenvalue weighted by atomic mass is 10.1. The molecule has 0 spiro atoms. The molecule has 35 heavy (non-hydrogen) atoms. The third-order valence-corrected chi connectivity index (χ3v) is 7.60. The maximum absolute atomic E-state index is 15.1. The van der Waals surface area contributed by atoms with Crippen molar-refractivity contribution in [3.8, 4) is 17.0 Å². The van der Waals surface area contributed by atoms with Crippen molar-refractivity contribution < 1.29 is 22.0 Å². The first-order chi connectivity index (χ1) is 16.9. The Bertz CT molecular complexity index is 1940. The molecule has 0 radical (unpaired) electrons. The van der Waals surface area contributed by atoms with Crippen LogP contribution in [0.1, 0.15) is 0 Å². The quantitative estimate of drug-likeness (QED) is 0.361. The summed E-state index contributed by atoms with van der Waals surface area (Å²) in [6.07, 6.45) is 2.91. The predicted molar refractivity (Wildman–Crippen MR) is 129 cm³/mol. The second kappa shape index (κ2) is 7.54. The van der Waals surface area contributed by atoms with Crippen molar-refractivity contribution >= 4 is 42.9 Å². The van der Waals surface area contributed by atoms with Gasteiger partial charge in [0.25, 0.3) is 10.0 Å². The van der Waals surface area contributed by atoms with Gasteiger partial charge in [-0.3, -0.25) is 0 Å². The molecule has 0 saturated carbocycles. The normalized spacial score (nSPS) is 12.1. The number of methoxy groups -OCH3 is 1. The van der Waals surface area contributed by atoms with Gasteiger partial charge in [0.1, 0.15) is 5.58 Å². The third-order valence-electron chi connectivity index (χ3n) is 5.92. The fraction of sp³-hybridized carbons (Fsp3) is 0.0400. The van der Waals surface area contributed by atoms with Gasteiger partial charge in [0, 0.05) is 29.0 Å². The van der Waals surface area contributed by atoms with Crippen LogP contribution < -0.4 is 10.4 Å². The third kappa shape index (κ3) is 3.07. The fourth-order valence-corrected chi connectivity index (χ4v) is 5.60. The molecule has 0 aliphatic carbocycles. The van der Waals surface area contributed by atoms with Gasteiger partial charge < -0.3 is 14.1 Å². The molecule has 0 saturated heterocycles. The van der Waals surface area contributed by atoms with Crippen molar-refractivity contribution in [1.82, 2.24) is 13.9 Å². The molecule has 8 nitrogen and oxygen atoms in total. The maximum atomic E-state index is 15.1. The van der Waals surface area contributed by atoms with E-state index < -0.39 is 21.5 Å². The van der Waals surface area contributed by atoms with E-state index in [0.717, 1.165) is 3.97 Å². The van der Waals surface area contributed by atoms with E-state index in [9.17, 15) is 13.2 Å². The Morgan fingerprint density at radius 3 is 2.63 bits per heavy atom. The number of halogens is 1. The Morgan fingerprint density at radius 1 is 1.06 bits per heavy atom. The van der Waals surface area contributed by atoms with E-state index in [2.05, 4.69) is 9.97 Å². The van der Waals surface area contributed by atoms with Crippen molar-refractivity contribution in [3.63, 3.8) is 0 Å². The first-order valence-electron chi connectivity index (χ1n) is 10.5. The Hall–Kier alpha value is -4.44. The second-order valence-corrected chi connectivity index (χ2v) is 9.66. The van der Waals surface area contributed by atoms with Crippen LogP contribution in [0.15, 0.2) is 87.2 Å². The second-order valence-electron chi connectivity index (χ2n) is 7.84. The number of hydrogen-bond acceptors (Lipinski definition) is 6. The van der Waals surface area contributed by atoms with Gasteiger partial charge in [-0.25, -0.2) is 26.6 Å². The maximum Gasteiger partial charge on any atom is 0.345 e. The van der Waals surface area contributed by atoms with Crippen molar-refractivity contribution in [2.45, 2.75) is 4.90 Å². The van der Waals surface area contributed by atoms with Gasteiger partial charge in [0.05, 0.1) is 28.3 Å². The van der Waals surface area contributed by atoms with E-state index in [-0.39, 0.29) is 38.2 Å². The number of aromatic nitrogens is 3. The minimum Gasteiger partial charge on any atom is -0.494 e. The van der Waals surface area contributed by atoms with E-state index in [4.69, 9.17) is 9.15 Å². The van der Waals surface area contributed by atoms with Gasteiger partial charge >= 0.3 is 5.63 Å². The summed E-state index contributed by atoms with van der Waals surface area (Å²) in [5.41, 5.74) is 0.982. The first-order valence-corrected chi connectivity index (χ1v) is 11.9. The van der Waals surface area contributed by atoms with Gasteiger partial charge in [-0.1, -0.05) is 18.2 Å². The number of aromatic amines is 1. The van der Waals surface area contributed by atoms with E-state index in [1.807, 2.05) is 0 Å². The van der Waals surface area contributed by atoms with Gasteiger partial charge in [-0.05, 0) is 42.5 Å². The number of nitrogens with zero attached hydrogens (tertiary/aromatic N) is 2. The smallest absolute Gasteiger partial charge is 0.345 e. The molecule has 6 rings (SSSR count). The van der Waals surface area contributed by atoms with Crippen LogP contribution in [0.5, 0.6) is 5.75 Å². The van der Waals surface area contributed by atoms with Crippen LogP contribution in [0.2, 0.25) is 0 Å². The van der Waals surface area contributed by atoms with Crippen molar-refractivity contribution in [1.29, 1.82) is 0 Å². The van der Waals surface area contributed by atoms with Crippen LogP contribution >= 0.6 is 0 Å². The molecule has 4 heterocycles. The highest BCUT2D eigenvalue weighted by atomic mass is 32.2. The minimum absolute atomic E-state index is 0.0123. The molecule has 0 unspecified atom stereocenters. The molecule has 0 aliphatic heterocycles. The molecule has 0 fully saturated rings. The van der Waals surface area contributed by atoms with Crippen molar-refractivity contribution in [2.24, 2.45) is 0 Å². The molecule has 174 valence electrons. The monoisotopic (exact) mass is 489 g/mol. The lowest BCUT2D eigenvalue weighted by molar-refractivity contribution is 0.388. The van der Waals surface area contributed by atoms with Crippen LogP contribution in [0.25, 0.3) is 44.2 Å². The number of rotatable bonds is 4. The molecule has 0 bridgehead atoms. The molecule has 2 aromatic carbocycles. The highest BCUT2D eigenvalue weighted by molar-refractivity contribution is 7.90. The van der Waals surface area contributed by atoms with Crippen LogP contribution in [0.3, 0.4) is 0 Å². The first kappa shape index (κ1) is 21.1. The largest absolute Gasteiger partial charge is 0.494 e. The molecule has 0 amide bonds. The number of pyridine rings is 1. The lowest BCUT2D eigenvalue weighted by Gasteiger charge is -2.07. The van der Waals surface area contributed by atoms with Gasteiger partial charge in [0.2, 0.25) is 0 Å². The average Bonchev–Trinajstić information content (AvgIpc) is 3.50. The summed E-state index contributed by atoms with van der Waals surface area (Å²) in [6.45, 7) is 0. The highest BCUT2D eigenvalue weighted by Crippen LogP contribution is 2.35. The van der Waals surface area contributed by atoms with Gasteiger partial charge in [0.15, 0.2) is 17.2 Å².